The Hall–Kier alpha value is -7.73. The number of pyridine rings is 6. The molecule has 0 fully saturated rings. The Bertz CT molecular complexity index is 3450. The van der Waals surface area contributed by atoms with Gasteiger partial charge in [0.25, 0.3) is 21.9 Å². The molecule has 80 heavy (non-hydrogen) atoms. The second kappa shape index (κ2) is 25.6. The number of amides is 4. The second-order valence-electron chi connectivity index (χ2n) is 20.4. The standard InChI is InChI=1S/C58H63N13O7S2/c59-21-23-60-55(72)20-3-1-2-19-54-39(36-80(76,77)78)26-46(79-54)29-62-58(75)51-14-4-5-22-61-56(73)37-24-44-34-70-30-40-10-6-15-47(63-40)49-17-8-12-42(65-49)32-71(33-43-13-9-18-50(66-43)48-16-7-11-41(31-70)64-48)35-45-25-38(57(74)69-51)28-53(68-45)52(27-37)67-44/h6-13,15-18,24-28,51H,1-5,14,19-23,29-36,59H2,(H,60,72)(H,61,73)(H,62,75)(H,69,74)(H,76,77,78). The van der Waals surface area contributed by atoms with Crippen molar-refractivity contribution in [1.82, 2.24) is 61.0 Å². The molecule has 414 valence electrons. The van der Waals surface area contributed by atoms with Crippen LogP contribution in [0.5, 0.6) is 0 Å². The Morgan fingerprint density at radius 3 is 1.68 bits per heavy atom. The Morgan fingerprint density at radius 2 is 1.15 bits per heavy atom. The molecule has 11 rings (SSSR count). The summed E-state index contributed by atoms with van der Waals surface area (Å²) in [6.45, 7) is 3.08. The van der Waals surface area contributed by atoms with Gasteiger partial charge in [0.15, 0.2) is 0 Å². The molecule has 0 aliphatic carbocycles. The lowest BCUT2D eigenvalue weighted by atomic mass is 10.1. The van der Waals surface area contributed by atoms with Crippen molar-refractivity contribution in [1.29, 1.82) is 0 Å². The van der Waals surface area contributed by atoms with Crippen molar-refractivity contribution >= 4 is 45.1 Å². The van der Waals surface area contributed by atoms with Crippen LogP contribution in [0.2, 0.25) is 0 Å². The van der Waals surface area contributed by atoms with E-state index in [0.717, 1.165) is 34.1 Å². The summed E-state index contributed by atoms with van der Waals surface area (Å²) in [6.07, 6.45) is 4.11. The fourth-order valence-corrected chi connectivity index (χ4v) is 12.1. The van der Waals surface area contributed by atoms with Gasteiger partial charge in [-0.3, -0.25) is 33.5 Å². The number of aryl methyl sites for hydroxylation is 1. The molecule has 0 aromatic carbocycles. The number of nitrogens with zero attached hydrogens (tertiary/aromatic N) is 8. The van der Waals surface area contributed by atoms with Crippen LogP contribution in [0.25, 0.3) is 34.2 Å². The van der Waals surface area contributed by atoms with Crippen LogP contribution in [0.3, 0.4) is 0 Å². The van der Waals surface area contributed by atoms with Crippen LogP contribution in [0.15, 0.2) is 103 Å². The number of unbranched alkanes of at least 4 members (excludes halogenated alkanes) is 2. The van der Waals surface area contributed by atoms with Gasteiger partial charge in [-0.2, -0.15) is 8.42 Å². The van der Waals surface area contributed by atoms with Crippen molar-refractivity contribution in [2.24, 2.45) is 5.73 Å². The SMILES string of the molecule is NCCNC(=O)CCCCCc1sc(CNC(=O)C2CCCCNC(=O)c3cc4nc(c3)-c3cc(cc(n3)CN3Cc5cccc(n5)-c5cccc(n5)CN(Cc5cccc(n5)-c5cccc(n5)C3)C4)C(=O)N2)cc1CS(=O)(=O)O. The molecule has 22 heteroatoms. The van der Waals surface area contributed by atoms with Crippen molar-refractivity contribution in [2.75, 3.05) is 19.6 Å². The topological polar surface area (TPSA) is 281 Å². The fraction of sp³-hybridized carbons (Fsp3) is 0.345. The smallest absolute Gasteiger partial charge is 0.269 e. The summed E-state index contributed by atoms with van der Waals surface area (Å²) < 4.78 is 34.0. The van der Waals surface area contributed by atoms with E-state index < -0.39 is 33.7 Å². The third-order valence-electron chi connectivity index (χ3n) is 13.9. The molecule has 11 heterocycles. The first-order valence-electron chi connectivity index (χ1n) is 27.0. The lowest BCUT2D eigenvalue weighted by Crippen LogP contribution is -2.46. The van der Waals surface area contributed by atoms with Gasteiger partial charge in [0.05, 0.1) is 74.9 Å². The number of fused-ring (bicyclic) bond motifs is 2. The van der Waals surface area contributed by atoms with E-state index in [1.807, 2.05) is 72.8 Å². The molecule has 0 spiro atoms. The molecule has 7 aromatic heterocycles. The first kappa shape index (κ1) is 55.6. The van der Waals surface area contributed by atoms with E-state index in [4.69, 9.17) is 35.6 Å². The zero-order chi connectivity index (χ0) is 55.6. The Kier molecular flexibility index (Phi) is 17.8. The lowest BCUT2D eigenvalue weighted by molar-refractivity contribution is -0.123. The van der Waals surface area contributed by atoms with E-state index in [2.05, 4.69) is 31.1 Å². The molecule has 0 radical (unpaired) electrons. The molecule has 1 atom stereocenters. The van der Waals surface area contributed by atoms with E-state index >= 15 is 0 Å². The zero-order valence-electron chi connectivity index (χ0n) is 44.2. The number of aromatic nitrogens is 6. The lowest BCUT2D eigenvalue weighted by Gasteiger charge is -2.24. The molecule has 4 amide bonds. The van der Waals surface area contributed by atoms with Gasteiger partial charge in [-0.25, -0.2) is 29.9 Å². The van der Waals surface area contributed by atoms with Crippen LogP contribution < -0.4 is 27.0 Å². The molecule has 7 N–H and O–H groups in total. The second-order valence-corrected chi connectivity index (χ2v) is 23.1. The molecule has 0 saturated heterocycles. The summed E-state index contributed by atoms with van der Waals surface area (Å²) >= 11 is 1.34. The molecule has 4 aliphatic rings. The van der Waals surface area contributed by atoms with Gasteiger partial charge in [0.1, 0.15) is 11.8 Å². The average Bonchev–Trinajstić information content (AvgIpc) is 3.95. The monoisotopic (exact) mass is 1120 g/mol. The third kappa shape index (κ3) is 14.9. The summed E-state index contributed by atoms with van der Waals surface area (Å²) in [4.78, 5) is 92.1. The highest BCUT2D eigenvalue weighted by molar-refractivity contribution is 7.85. The maximum atomic E-state index is 14.9. The maximum absolute atomic E-state index is 14.9. The molecule has 4 aliphatic heterocycles. The number of hydrogen-bond donors (Lipinski definition) is 6. The van der Waals surface area contributed by atoms with Gasteiger partial charge >= 0.3 is 0 Å². The van der Waals surface area contributed by atoms with Crippen molar-refractivity contribution in [3.8, 4) is 34.2 Å². The van der Waals surface area contributed by atoms with Crippen molar-refractivity contribution < 1.29 is 32.1 Å². The number of carbonyl (C=O) groups excluding carboxylic acids is 4. The number of carbonyl (C=O) groups is 4. The first-order chi connectivity index (χ1) is 38.7. The molecule has 20 nitrogen and oxygen atoms in total. The predicted octanol–water partition coefficient (Wildman–Crippen LogP) is 6.04. The highest BCUT2D eigenvalue weighted by Crippen LogP contribution is 2.29. The van der Waals surface area contributed by atoms with Gasteiger partial charge < -0.3 is 27.0 Å². The average molecular weight is 1120 g/mol. The third-order valence-corrected chi connectivity index (χ3v) is 15.8. The fourth-order valence-electron chi connectivity index (χ4n) is 10.2. The van der Waals surface area contributed by atoms with Crippen molar-refractivity contribution in [3.05, 3.63) is 164 Å². The number of nitrogens with two attached hydrogens (primary N) is 1. The first-order valence-corrected chi connectivity index (χ1v) is 29.4. The molecular weight excluding hydrogens is 1050 g/mol. The Morgan fingerprint density at radius 1 is 0.637 bits per heavy atom. The van der Waals surface area contributed by atoms with Gasteiger partial charge in [0, 0.05) is 86.2 Å². The van der Waals surface area contributed by atoms with E-state index in [-0.39, 0.29) is 43.4 Å². The summed E-state index contributed by atoms with van der Waals surface area (Å²) in [7, 11) is -4.37. The molecule has 1 unspecified atom stereocenters. The van der Waals surface area contributed by atoms with Crippen LogP contribution in [0, 0.1) is 0 Å². The van der Waals surface area contributed by atoms with Crippen molar-refractivity contribution in [2.45, 2.75) is 109 Å². The largest absolute Gasteiger partial charge is 0.355 e. The minimum absolute atomic E-state index is 0.0342. The van der Waals surface area contributed by atoms with Crippen LogP contribution in [-0.2, 0) is 77.7 Å². The van der Waals surface area contributed by atoms with Crippen molar-refractivity contribution in [3.63, 3.8) is 0 Å². The highest BCUT2D eigenvalue weighted by Gasteiger charge is 2.26. The van der Waals surface area contributed by atoms with Gasteiger partial charge in [-0.15, -0.1) is 11.3 Å². The minimum Gasteiger partial charge on any atom is -0.355 e. The normalized spacial score (nSPS) is 17.4. The van der Waals surface area contributed by atoms with Crippen LogP contribution in [0.4, 0.5) is 0 Å². The number of thiophene rings is 1. The molecule has 0 saturated carbocycles. The molecule has 16 bridgehead atoms. The minimum atomic E-state index is -4.37. The van der Waals surface area contributed by atoms with E-state index in [1.54, 1.807) is 30.3 Å². The van der Waals surface area contributed by atoms with Gasteiger partial charge in [-0.05, 0) is 123 Å². The number of hydrogen-bond acceptors (Lipinski definition) is 16. The zero-order valence-corrected chi connectivity index (χ0v) is 45.8. The summed E-state index contributed by atoms with van der Waals surface area (Å²) in [5, 5.41) is 11.8. The quantitative estimate of drug-likeness (QED) is 0.0567. The molecular formula is C58H63N13O7S2. The maximum Gasteiger partial charge on any atom is 0.269 e. The van der Waals surface area contributed by atoms with Crippen LogP contribution in [0.1, 0.15) is 115 Å². The van der Waals surface area contributed by atoms with E-state index in [0.29, 0.717) is 146 Å². The summed E-state index contributed by atoms with van der Waals surface area (Å²) in [5.41, 5.74) is 14.3. The van der Waals surface area contributed by atoms with Crippen LogP contribution in [-0.4, -0.2) is 102 Å². The summed E-state index contributed by atoms with van der Waals surface area (Å²) in [6, 6.07) is 31.1. The van der Waals surface area contributed by atoms with E-state index in [9.17, 15) is 32.1 Å². The summed E-state index contributed by atoms with van der Waals surface area (Å²) in [5.74, 6) is -1.95. The van der Waals surface area contributed by atoms with E-state index in [1.165, 1.54) is 11.3 Å². The Labute approximate surface area is 468 Å². The highest BCUT2D eigenvalue weighted by atomic mass is 32.2. The molecule has 7 aromatic rings. The van der Waals surface area contributed by atoms with Gasteiger partial charge in [-0.1, -0.05) is 30.7 Å². The number of nitrogens with one attached hydrogen (secondary N) is 4. The number of rotatable bonds is 13. The van der Waals surface area contributed by atoms with Crippen LogP contribution >= 0.6 is 11.3 Å². The van der Waals surface area contributed by atoms with Gasteiger partial charge in [0.2, 0.25) is 11.8 Å². The predicted molar refractivity (Wildman–Crippen MR) is 301 cm³/mol. The Balaban J connectivity index is 0.992.